The fourth-order valence-corrected chi connectivity index (χ4v) is 4.47. The molecule has 1 unspecified atom stereocenters. The first-order valence-electron chi connectivity index (χ1n) is 10.2. The van der Waals surface area contributed by atoms with Gasteiger partial charge in [0.2, 0.25) is 0 Å². The number of amidine groups is 1. The quantitative estimate of drug-likeness (QED) is 0.403. The van der Waals surface area contributed by atoms with Gasteiger partial charge in [-0.25, -0.2) is 27.3 Å². The average molecular weight is 519 g/mol. The summed E-state index contributed by atoms with van der Waals surface area (Å²) in [4.78, 5) is 20.3. The number of nitrogens with one attached hydrogen (secondary N) is 1. The zero-order chi connectivity index (χ0) is 23.9. The Bertz CT molecular complexity index is 1180. The lowest BCUT2D eigenvalue weighted by atomic mass is 9.80. The zero-order valence-electron chi connectivity index (χ0n) is 17.5. The Balaban J connectivity index is 0.00000324. The van der Waals surface area contributed by atoms with E-state index in [-0.39, 0.29) is 52.7 Å². The molecule has 0 spiro atoms. The number of pyridine rings is 1. The minimum atomic E-state index is -1.39. The monoisotopic (exact) mass is 518 g/mol. The Kier molecular flexibility index (Phi) is 7.84. The van der Waals surface area contributed by atoms with Crippen LogP contribution in [0, 0.1) is 29.2 Å². The van der Waals surface area contributed by atoms with Gasteiger partial charge in [-0.2, -0.15) is 0 Å². The van der Waals surface area contributed by atoms with E-state index in [0.717, 1.165) is 18.3 Å². The topological polar surface area (TPSA) is 101 Å². The maximum atomic E-state index is 14.5. The predicted molar refractivity (Wildman–Crippen MR) is 120 cm³/mol. The van der Waals surface area contributed by atoms with E-state index in [1.807, 2.05) is 0 Å². The van der Waals surface area contributed by atoms with Gasteiger partial charge in [0.1, 0.15) is 17.6 Å². The van der Waals surface area contributed by atoms with Crippen LogP contribution in [0.25, 0.3) is 0 Å². The van der Waals surface area contributed by atoms with Gasteiger partial charge in [0.05, 0.1) is 16.8 Å². The van der Waals surface area contributed by atoms with Gasteiger partial charge in [-0.15, -0.1) is 12.4 Å². The molecule has 1 saturated carbocycles. The number of aliphatic carboxylic acids is 1. The summed E-state index contributed by atoms with van der Waals surface area (Å²) in [6, 6.07) is 1.13. The summed E-state index contributed by atoms with van der Waals surface area (Å²) in [6.45, 7) is 0. The molecular formula is C22H20Cl2F4N4O2. The Morgan fingerprint density at radius 1 is 1.12 bits per heavy atom. The molecule has 0 amide bonds. The van der Waals surface area contributed by atoms with Crippen LogP contribution in [0.4, 0.5) is 17.6 Å². The van der Waals surface area contributed by atoms with Crippen LogP contribution in [0.2, 0.25) is 5.02 Å². The van der Waals surface area contributed by atoms with Crippen molar-refractivity contribution in [3.05, 3.63) is 75.2 Å². The number of hydrogen-bond donors (Lipinski definition) is 3. The van der Waals surface area contributed by atoms with Crippen LogP contribution in [0.15, 0.2) is 40.7 Å². The number of halogens is 6. The molecule has 12 heteroatoms. The lowest BCUT2D eigenvalue weighted by Crippen LogP contribution is -2.39. The molecule has 1 aromatic heterocycles. The molecule has 1 atom stereocenters. The van der Waals surface area contributed by atoms with E-state index < -0.39 is 40.3 Å². The van der Waals surface area contributed by atoms with E-state index in [0.29, 0.717) is 31.7 Å². The summed E-state index contributed by atoms with van der Waals surface area (Å²) in [7, 11) is 0. The van der Waals surface area contributed by atoms with Gasteiger partial charge in [-0.1, -0.05) is 17.7 Å². The van der Waals surface area contributed by atoms with E-state index in [4.69, 9.17) is 17.3 Å². The molecule has 1 aromatic carbocycles. The zero-order valence-corrected chi connectivity index (χ0v) is 19.1. The first kappa shape index (κ1) is 25.9. The van der Waals surface area contributed by atoms with E-state index in [9.17, 15) is 27.5 Å². The average Bonchev–Trinajstić information content (AvgIpc) is 2.77. The summed E-state index contributed by atoms with van der Waals surface area (Å²) < 4.78 is 55.8. The second-order valence-corrected chi connectivity index (χ2v) is 8.38. The van der Waals surface area contributed by atoms with Gasteiger partial charge in [-0.05, 0) is 37.7 Å². The summed E-state index contributed by atoms with van der Waals surface area (Å²) in [6.07, 6.45) is 3.15. The molecule has 2 heterocycles. The minimum absolute atomic E-state index is 0. The van der Waals surface area contributed by atoms with E-state index >= 15 is 0 Å². The van der Waals surface area contributed by atoms with Crippen molar-refractivity contribution in [2.45, 2.75) is 37.8 Å². The molecule has 2 aliphatic rings. The number of nitrogens with zero attached hydrogens (tertiary/aromatic N) is 2. The number of benzene rings is 1. The molecular weight excluding hydrogens is 499 g/mol. The van der Waals surface area contributed by atoms with Crippen molar-refractivity contribution >= 4 is 35.8 Å². The molecule has 2 aromatic rings. The molecule has 34 heavy (non-hydrogen) atoms. The van der Waals surface area contributed by atoms with Crippen LogP contribution in [0.3, 0.4) is 0 Å². The predicted octanol–water partition coefficient (Wildman–Crippen LogP) is 4.66. The molecule has 182 valence electrons. The number of aliphatic imine (C=N–C) groups is 1. The fourth-order valence-electron chi connectivity index (χ4n) is 4.22. The molecule has 0 saturated heterocycles. The first-order chi connectivity index (χ1) is 15.7. The standard InChI is InChI=1S/C22H19ClF4N4O2.ClH/c23-16-12(5-6-13(25)17(16)27)19-15(22(32)33)18(9-1-3-11(28)4-2-9)30-21(31-19)20-14(26)7-10(24)8-29-20;/h5-9,11,19H,1-4,28H2,(H,30,31)(H,32,33);1H. The lowest BCUT2D eigenvalue weighted by Gasteiger charge is -2.34. The maximum Gasteiger partial charge on any atom is 0.335 e. The number of hydrogen-bond acceptors (Lipinski definition) is 5. The molecule has 4 N–H and O–H groups in total. The number of allylic oxidation sites excluding steroid dienone is 1. The Labute approximate surface area is 203 Å². The molecule has 1 fully saturated rings. The van der Waals surface area contributed by atoms with Crippen molar-refractivity contribution in [2.24, 2.45) is 16.6 Å². The first-order valence-corrected chi connectivity index (χ1v) is 10.6. The highest BCUT2D eigenvalue weighted by atomic mass is 35.5. The highest BCUT2D eigenvalue weighted by molar-refractivity contribution is 6.31. The third-order valence-electron chi connectivity index (χ3n) is 5.88. The SMILES string of the molecule is Cl.NC1CCC(C2=C(C(=O)O)C(c3ccc(F)c(F)c3Cl)N=C(c3ncc(F)cc3F)N2)CC1. The molecule has 1 aliphatic carbocycles. The summed E-state index contributed by atoms with van der Waals surface area (Å²) in [5.74, 6) is -6.32. The van der Waals surface area contributed by atoms with Crippen LogP contribution >= 0.6 is 24.0 Å². The van der Waals surface area contributed by atoms with Gasteiger partial charge in [-0.3, -0.25) is 4.99 Å². The van der Waals surface area contributed by atoms with Gasteiger partial charge >= 0.3 is 5.97 Å². The molecule has 1 aliphatic heterocycles. The van der Waals surface area contributed by atoms with Crippen molar-refractivity contribution in [3.8, 4) is 0 Å². The van der Waals surface area contributed by atoms with Gasteiger partial charge in [0, 0.05) is 23.4 Å². The number of carbonyl (C=O) groups is 1. The third-order valence-corrected chi connectivity index (χ3v) is 6.26. The van der Waals surface area contributed by atoms with Crippen molar-refractivity contribution in [1.82, 2.24) is 10.3 Å². The second-order valence-electron chi connectivity index (χ2n) is 8.00. The largest absolute Gasteiger partial charge is 0.478 e. The van der Waals surface area contributed by atoms with Crippen LogP contribution in [-0.4, -0.2) is 27.9 Å². The van der Waals surface area contributed by atoms with Crippen molar-refractivity contribution < 1.29 is 27.5 Å². The summed E-state index contributed by atoms with van der Waals surface area (Å²) in [5, 5.41) is 12.3. The van der Waals surface area contributed by atoms with Crippen molar-refractivity contribution in [1.29, 1.82) is 0 Å². The van der Waals surface area contributed by atoms with Gasteiger partial charge in [0.15, 0.2) is 23.3 Å². The number of nitrogens with two attached hydrogens (primary N) is 1. The van der Waals surface area contributed by atoms with Crippen LogP contribution in [0.1, 0.15) is 43.0 Å². The maximum absolute atomic E-state index is 14.5. The Morgan fingerprint density at radius 3 is 2.41 bits per heavy atom. The molecule has 4 rings (SSSR count). The fraction of sp³-hybridized carbons (Fsp3) is 0.318. The number of rotatable bonds is 4. The smallest absolute Gasteiger partial charge is 0.335 e. The summed E-state index contributed by atoms with van der Waals surface area (Å²) >= 11 is 6.02. The third kappa shape index (κ3) is 4.89. The second kappa shape index (κ2) is 10.3. The number of aromatic nitrogens is 1. The minimum Gasteiger partial charge on any atom is -0.478 e. The molecule has 0 radical (unpaired) electrons. The Hall–Kier alpha value is -2.69. The van der Waals surface area contributed by atoms with E-state index in [1.165, 1.54) is 0 Å². The highest BCUT2D eigenvalue weighted by Gasteiger charge is 2.37. The van der Waals surface area contributed by atoms with Crippen LogP contribution in [0.5, 0.6) is 0 Å². The summed E-state index contributed by atoms with van der Waals surface area (Å²) in [5.41, 5.74) is 5.52. The van der Waals surface area contributed by atoms with Crippen molar-refractivity contribution in [3.63, 3.8) is 0 Å². The van der Waals surface area contributed by atoms with Crippen LogP contribution < -0.4 is 11.1 Å². The molecule has 6 nitrogen and oxygen atoms in total. The van der Waals surface area contributed by atoms with Gasteiger partial charge in [0.25, 0.3) is 0 Å². The lowest BCUT2D eigenvalue weighted by molar-refractivity contribution is -0.133. The van der Waals surface area contributed by atoms with Crippen molar-refractivity contribution in [2.75, 3.05) is 0 Å². The number of carboxylic acid groups (broad SMARTS) is 1. The van der Waals surface area contributed by atoms with E-state index in [1.54, 1.807) is 0 Å². The highest BCUT2D eigenvalue weighted by Crippen LogP contribution is 2.41. The normalized spacial score (nSPS) is 22.5. The molecule has 0 bridgehead atoms. The van der Waals surface area contributed by atoms with E-state index in [2.05, 4.69) is 15.3 Å². The number of carboxylic acids is 1. The van der Waals surface area contributed by atoms with Crippen LogP contribution in [-0.2, 0) is 4.79 Å². The van der Waals surface area contributed by atoms with Gasteiger partial charge < -0.3 is 16.2 Å². The Morgan fingerprint density at radius 2 is 1.79 bits per heavy atom.